The molecule has 0 radical (unpaired) electrons. The van der Waals surface area contributed by atoms with Gasteiger partial charge < -0.3 is 29.6 Å². The third-order valence-electron chi connectivity index (χ3n) is 6.98. The monoisotopic (exact) mass is 625 g/mol. The van der Waals surface area contributed by atoms with Crippen LogP contribution in [0.15, 0.2) is 100 Å². The number of nitrogens with one attached hydrogen (secondary N) is 2. The van der Waals surface area contributed by atoms with Gasteiger partial charge in [0.1, 0.15) is 33.6 Å². The molecule has 1 aliphatic heterocycles. The first-order valence-electron chi connectivity index (χ1n) is 13.8. The van der Waals surface area contributed by atoms with E-state index in [4.69, 9.17) is 18.9 Å². The van der Waals surface area contributed by atoms with Crippen molar-refractivity contribution in [1.29, 1.82) is 0 Å². The third kappa shape index (κ3) is 6.58. The molecule has 10 nitrogen and oxygen atoms in total. The molecule has 45 heavy (non-hydrogen) atoms. The number of hydrogen-bond donors (Lipinski definition) is 2. The number of rotatable bonds is 11. The van der Waals surface area contributed by atoms with Crippen LogP contribution in [-0.2, 0) is 9.59 Å². The molecule has 0 unspecified atom stereocenters. The molecule has 5 rings (SSSR count). The topological polar surface area (TPSA) is 115 Å². The Bertz CT molecular complexity index is 1790. The largest absolute Gasteiger partial charge is 0.497 e. The summed E-state index contributed by atoms with van der Waals surface area (Å²) in [6, 6.07) is 24.3. The van der Waals surface area contributed by atoms with Crippen LogP contribution in [0.2, 0.25) is 0 Å². The molecule has 0 bridgehead atoms. The minimum absolute atomic E-state index is 0.135. The predicted molar refractivity (Wildman–Crippen MR) is 174 cm³/mol. The molecule has 0 atom stereocenters. The number of thioether (sulfide) groups is 1. The summed E-state index contributed by atoms with van der Waals surface area (Å²) in [7, 11) is 6.00. The van der Waals surface area contributed by atoms with Crippen molar-refractivity contribution < 1.29 is 33.3 Å². The maximum absolute atomic E-state index is 13.9. The molecule has 3 amide bonds. The zero-order valence-corrected chi connectivity index (χ0v) is 26.1. The molecule has 0 saturated heterocycles. The van der Waals surface area contributed by atoms with E-state index in [1.807, 2.05) is 31.2 Å². The fraction of sp³-hybridized carbons (Fsp3) is 0.147. The van der Waals surface area contributed by atoms with Gasteiger partial charge in [-0.15, -0.1) is 0 Å². The van der Waals surface area contributed by atoms with E-state index in [1.54, 1.807) is 60.7 Å². The molecular formula is C34H31N3O7S. The number of nitrogens with zero attached hydrogens (tertiary/aromatic N) is 1. The Kier molecular flexibility index (Phi) is 9.29. The average molecular weight is 626 g/mol. The smallest absolute Gasteiger partial charge is 0.283 e. The lowest BCUT2D eigenvalue weighted by molar-refractivity contribution is -0.120. The minimum atomic E-state index is -0.524. The van der Waals surface area contributed by atoms with Gasteiger partial charge in [-0.05, 0) is 67.6 Å². The Balaban J connectivity index is 1.42. The van der Waals surface area contributed by atoms with E-state index in [2.05, 4.69) is 10.6 Å². The summed E-state index contributed by atoms with van der Waals surface area (Å²) in [4.78, 5) is 42.7. The molecule has 11 heteroatoms. The molecule has 230 valence electrons. The molecule has 0 aromatic heterocycles. The SMILES string of the molecule is COc1ccc(C(=O)Nc2ccc(SC3=C(Nc4ccc(C)cc4)C(=O)N(c4ccc(OC)cc4OC)C3=O)cc2)c(OC)c1. The Morgan fingerprint density at radius 2 is 1.29 bits per heavy atom. The first-order valence-corrected chi connectivity index (χ1v) is 14.6. The fourth-order valence-electron chi connectivity index (χ4n) is 4.59. The van der Waals surface area contributed by atoms with Gasteiger partial charge in [-0.1, -0.05) is 29.5 Å². The van der Waals surface area contributed by atoms with Gasteiger partial charge in [0.05, 0.1) is 39.7 Å². The number of anilines is 3. The fourth-order valence-corrected chi connectivity index (χ4v) is 5.52. The second kappa shape index (κ2) is 13.5. The van der Waals surface area contributed by atoms with Crippen LogP contribution in [0.4, 0.5) is 17.1 Å². The number of imide groups is 1. The van der Waals surface area contributed by atoms with Crippen LogP contribution in [0.1, 0.15) is 15.9 Å². The number of benzene rings is 4. The summed E-state index contributed by atoms with van der Waals surface area (Å²) in [5.74, 6) is 0.388. The molecule has 1 heterocycles. The van der Waals surface area contributed by atoms with Gasteiger partial charge in [0.25, 0.3) is 17.7 Å². The van der Waals surface area contributed by atoms with E-state index in [1.165, 1.54) is 28.4 Å². The Morgan fingerprint density at radius 3 is 1.91 bits per heavy atom. The Morgan fingerprint density at radius 1 is 0.689 bits per heavy atom. The van der Waals surface area contributed by atoms with Crippen molar-refractivity contribution in [2.75, 3.05) is 44.0 Å². The van der Waals surface area contributed by atoms with E-state index in [9.17, 15) is 14.4 Å². The van der Waals surface area contributed by atoms with E-state index in [0.29, 0.717) is 50.5 Å². The molecule has 0 aliphatic carbocycles. The highest BCUT2D eigenvalue weighted by Gasteiger charge is 2.41. The first kappa shape index (κ1) is 31.0. The highest BCUT2D eigenvalue weighted by Crippen LogP contribution is 2.41. The van der Waals surface area contributed by atoms with Gasteiger partial charge in [-0.3, -0.25) is 14.4 Å². The molecule has 2 N–H and O–H groups in total. The van der Waals surface area contributed by atoms with Gasteiger partial charge in [0, 0.05) is 28.4 Å². The van der Waals surface area contributed by atoms with Crippen molar-refractivity contribution in [3.63, 3.8) is 0 Å². The van der Waals surface area contributed by atoms with Crippen LogP contribution in [0.5, 0.6) is 23.0 Å². The predicted octanol–water partition coefficient (Wildman–Crippen LogP) is 6.27. The maximum atomic E-state index is 13.9. The van der Waals surface area contributed by atoms with Crippen LogP contribution in [0, 0.1) is 6.92 Å². The van der Waals surface area contributed by atoms with Crippen LogP contribution in [0.25, 0.3) is 0 Å². The molecule has 0 saturated carbocycles. The number of aryl methyl sites for hydroxylation is 1. The molecule has 1 aliphatic rings. The average Bonchev–Trinajstić information content (AvgIpc) is 3.29. The highest BCUT2D eigenvalue weighted by molar-refractivity contribution is 8.04. The van der Waals surface area contributed by atoms with Gasteiger partial charge in [-0.2, -0.15) is 0 Å². The van der Waals surface area contributed by atoms with E-state index >= 15 is 0 Å². The van der Waals surface area contributed by atoms with Crippen molar-refractivity contribution in [2.45, 2.75) is 11.8 Å². The number of carbonyl (C=O) groups excluding carboxylic acids is 3. The third-order valence-corrected chi connectivity index (χ3v) is 8.07. The van der Waals surface area contributed by atoms with E-state index in [-0.39, 0.29) is 16.5 Å². The summed E-state index contributed by atoms with van der Waals surface area (Å²) in [6.45, 7) is 1.96. The zero-order valence-electron chi connectivity index (χ0n) is 25.3. The maximum Gasteiger partial charge on any atom is 0.283 e. The molecule has 0 fully saturated rings. The number of hydrogen-bond acceptors (Lipinski definition) is 9. The number of ether oxygens (including phenoxy) is 4. The highest BCUT2D eigenvalue weighted by atomic mass is 32.2. The van der Waals surface area contributed by atoms with E-state index < -0.39 is 11.8 Å². The van der Waals surface area contributed by atoms with Gasteiger partial charge >= 0.3 is 0 Å². The van der Waals surface area contributed by atoms with E-state index in [0.717, 1.165) is 22.2 Å². The van der Waals surface area contributed by atoms with Gasteiger partial charge in [0.2, 0.25) is 0 Å². The first-order chi connectivity index (χ1) is 21.8. The lowest BCUT2D eigenvalue weighted by Gasteiger charge is -2.19. The van der Waals surface area contributed by atoms with Crippen LogP contribution in [-0.4, -0.2) is 46.2 Å². The second-order valence-corrected chi connectivity index (χ2v) is 10.9. The normalized spacial score (nSPS) is 12.7. The minimum Gasteiger partial charge on any atom is -0.497 e. The summed E-state index contributed by atoms with van der Waals surface area (Å²) in [5, 5.41) is 6.01. The number of amides is 3. The number of carbonyl (C=O) groups is 3. The van der Waals surface area contributed by atoms with Crippen molar-refractivity contribution in [1.82, 2.24) is 0 Å². The molecule has 0 spiro atoms. The summed E-state index contributed by atoms with van der Waals surface area (Å²) in [6.07, 6.45) is 0. The van der Waals surface area contributed by atoms with Crippen molar-refractivity contribution in [2.24, 2.45) is 0 Å². The van der Waals surface area contributed by atoms with Crippen molar-refractivity contribution in [3.05, 3.63) is 107 Å². The summed E-state index contributed by atoms with van der Waals surface area (Å²) in [5.41, 5.74) is 3.02. The van der Waals surface area contributed by atoms with Crippen molar-refractivity contribution >= 4 is 46.5 Å². The van der Waals surface area contributed by atoms with Crippen LogP contribution < -0.4 is 34.5 Å². The van der Waals surface area contributed by atoms with Crippen LogP contribution >= 0.6 is 11.8 Å². The van der Waals surface area contributed by atoms with Gasteiger partial charge in [0.15, 0.2) is 0 Å². The molecular weight excluding hydrogens is 594 g/mol. The zero-order chi connectivity index (χ0) is 32.1. The second-order valence-electron chi connectivity index (χ2n) is 9.83. The molecule has 4 aromatic carbocycles. The standard InChI is InChI=1S/C34H31N3O7S/c1-20-6-8-21(9-7-20)35-30-31(34(40)37(33(30)39)27-17-13-24(42-3)19-29(27)44-5)45-25-14-10-22(11-15-25)36-32(38)26-16-12-23(41-2)18-28(26)43-4/h6-19,35H,1-5H3,(H,36,38). The Hall–Kier alpha value is -5.42. The summed E-state index contributed by atoms with van der Waals surface area (Å²) < 4.78 is 21.3. The lowest BCUT2D eigenvalue weighted by atomic mass is 10.1. The lowest BCUT2D eigenvalue weighted by Crippen LogP contribution is -2.32. The quantitative estimate of drug-likeness (QED) is 0.186. The number of methoxy groups -OCH3 is 4. The van der Waals surface area contributed by atoms with Gasteiger partial charge in [-0.25, -0.2) is 4.90 Å². The molecule has 4 aromatic rings. The van der Waals surface area contributed by atoms with Crippen LogP contribution in [0.3, 0.4) is 0 Å². The Labute approximate surface area is 264 Å². The van der Waals surface area contributed by atoms with Crippen molar-refractivity contribution in [3.8, 4) is 23.0 Å². The summed E-state index contributed by atoms with van der Waals surface area (Å²) >= 11 is 1.14.